The Kier molecular flexibility index (Phi) is 3.06. The van der Waals surface area contributed by atoms with Crippen LogP contribution in [0, 0.1) is 23.7 Å². The summed E-state index contributed by atoms with van der Waals surface area (Å²) in [6.45, 7) is 1.74. The van der Waals surface area contributed by atoms with Crippen molar-refractivity contribution in [1.29, 1.82) is 0 Å². The fraction of sp³-hybridized carbons (Fsp3) is 0.562. The molecule has 1 aliphatic heterocycles. The van der Waals surface area contributed by atoms with Gasteiger partial charge in [-0.1, -0.05) is 12.2 Å². The number of likely N-dealkylation sites (tertiary alicyclic amines) is 1. The number of fused-ring (bicyclic) bond motifs is 5. The first kappa shape index (κ1) is 13.5. The molecule has 116 valence electrons. The first-order chi connectivity index (χ1) is 10.6. The van der Waals surface area contributed by atoms with Gasteiger partial charge in [0.2, 0.25) is 0 Å². The topological polar surface area (TPSA) is 61.4 Å². The van der Waals surface area contributed by atoms with Gasteiger partial charge in [-0.25, -0.2) is 14.8 Å². The van der Waals surface area contributed by atoms with Crippen LogP contribution in [0.4, 0.5) is 16.4 Å². The third kappa shape index (κ3) is 2.14. The van der Waals surface area contributed by atoms with Crippen LogP contribution in [0.3, 0.4) is 0 Å². The zero-order valence-corrected chi connectivity index (χ0v) is 12.9. The molecule has 2 heterocycles. The van der Waals surface area contributed by atoms with Crippen molar-refractivity contribution in [2.24, 2.45) is 23.7 Å². The van der Waals surface area contributed by atoms with Crippen LogP contribution in [0.5, 0.6) is 0 Å². The maximum atomic E-state index is 12.5. The van der Waals surface area contributed by atoms with Gasteiger partial charge in [0, 0.05) is 33.3 Å². The van der Waals surface area contributed by atoms with E-state index in [2.05, 4.69) is 27.4 Å². The molecule has 6 nitrogen and oxygen atoms in total. The molecule has 1 saturated heterocycles. The molecule has 2 aliphatic carbocycles. The SMILES string of the molecule is CN(C)c1cc(NC(=O)N2C[C@@H]3C4C=CC(C4)[C@@H]3C2)ncn1. The smallest absolute Gasteiger partial charge is 0.323 e. The Morgan fingerprint density at radius 1 is 1.23 bits per heavy atom. The number of hydrogen-bond acceptors (Lipinski definition) is 4. The van der Waals surface area contributed by atoms with E-state index in [4.69, 9.17) is 0 Å². The van der Waals surface area contributed by atoms with Crippen LogP contribution >= 0.6 is 0 Å². The zero-order valence-electron chi connectivity index (χ0n) is 12.9. The number of nitrogens with one attached hydrogen (secondary N) is 1. The van der Waals surface area contributed by atoms with E-state index in [0.29, 0.717) is 29.5 Å². The van der Waals surface area contributed by atoms with E-state index in [0.717, 1.165) is 18.9 Å². The summed E-state index contributed by atoms with van der Waals surface area (Å²) >= 11 is 0. The molecule has 0 aromatic carbocycles. The average molecular weight is 299 g/mol. The van der Waals surface area contributed by atoms with Gasteiger partial charge in [0.1, 0.15) is 18.0 Å². The van der Waals surface area contributed by atoms with Crippen LogP contribution in [0.1, 0.15) is 6.42 Å². The minimum Gasteiger partial charge on any atom is -0.363 e. The summed E-state index contributed by atoms with van der Waals surface area (Å²) in [6, 6.07) is 1.75. The second-order valence-corrected chi connectivity index (χ2v) is 6.77. The minimum atomic E-state index is -0.0443. The molecular weight excluding hydrogens is 278 g/mol. The molecule has 1 N–H and O–H groups in total. The Hall–Kier alpha value is -2.11. The molecule has 4 atom stereocenters. The van der Waals surface area contributed by atoms with Gasteiger partial charge in [0.15, 0.2) is 0 Å². The van der Waals surface area contributed by atoms with Crippen molar-refractivity contribution >= 4 is 17.7 Å². The number of rotatable bonds is 2. The lowest BCUT2D eigenvalue weighted by Gasteiger charge is -2.19. The fourth-order valence-corrected chi connectivity index (χ4v) is 4.17. The van der Waals surface area contributed by atoms with E-state index in [1.807, 2.05) is 23.9 Å². The third-order valence-electron chi connectivity index (χ3n) is 5.30. The van der Waals surface area contributed by atoms with Gasteiger partial charge in [-0.05, 0) is 30.1 Å². The van der Waals surface area contributed by atoms with E-state index in [1.54, 1.807) is 6.07 Å². The highest BCUT2D eigenvalue weighted by atomic mass is 16.2. The predicted molar refractivity (Wildman–Crippen MR) is 84.7 cm³/mol. The summed E-state index contributed by atoms with van der Waals surface area (Å²) in [5.74, 6) is 4.03. The van der Waals surface area contributed by atoms with Crippen LogP contribution in [0.15, 0.2) is 24.5 Å². The Labute approximate surface area is 130 Å². The molecule has 0 radical (unpaired) electrons. The Morgan fingerprint density at radius 3 is 2.55 bits per heavy atom. The summed E-state index contributed by atoms with van der Waals surface area (Å²) in [6.07, 6.45) is 7.47. The molecule has 3 aliphatic rings. The van der Waals surface area contributed by atoms with Crippen molar-refractivity contribution in [1.82, 2.24) is 14.9 Å². The molecule has 1 saturated carbocycles. The van der Waals surface area contributed by atoms with Gasteiger partial charge < -0.3 is 9.80 Å². The Morgan fingerprint density at radius 2 is 1.91 bits per heavy atom. The van der Waals surface area contributed by atoms with Gasteiger partial charge in [-0.2, -0.15) is 0 Å². The molecule has 0 spiro atoms. The molecular formula is C16H21N5O. The van der Waals surface area contributed by atoms with Crippen LogP contribution in [-0.4, -0.2) is 48.1 Å². The van der Waals surface area contributed by atoms with Gasteiger partial charge in [-0.15, -0.1) is 0 Å². The van der Waals surface area contributed by atoms with Gasteiger partial charge in [0.05, 0.1) is 0 Å². The number of anilines is 2. The summed E-state index contributed by atoms with van der Waals surface area (Å²) in [7, 11) is 3.83. The second kappa shape index (κ2) is 4.97. The zero-order chi connectivity index (χ0) is 15.3. The van der Waals surface area contributed by atoms with E-state index >= 15 is 0 Å². The van der Waals surface area contributed by atoms with E-state index in [9.17, 15) is 4.79 Å². The number of urea groups is 1. The summed E-state index contributed by atoms with van der Waals surface area (Å²) in [5.41, 5.74) is 0. The van der Waals surface area contributed by atoms with Crippen LogP contribution in [0.2, 0.25) is 0 Å². The predicted octanol–water partition coefficient (Wildman–Crippen LogP) is 1.83. The van der Waals surface area contributed by atoms with Gasteiger partial charge >= 0.3 is 6.03 Å². The maximum Gasteiger partial charge on any atom is 0.323 e. The molecule has 1 aromatic heterocycles. The Bertz CT molecular complexity index is 609. The normalized spacial score (nSPS) is 31.5. The van der Waals surface area contributed by atoms with E-state index in [1.165, 1.54) is 12.7 Å². The monoisotopic (exact) mass is 299 g/mol. The van der Waals surface area contributed by atoms with Crippen molar-refractivity contribution in [3.8, 4) is 0 Å². The lowest BCUT2D eigenvalue weighted by molar-refractivity contribution is 0.217. The quantitative estimate of drug-likeness (QED) is 0.846. The third-order valence-corrected chi connectivity index (χ3v) is 5.30. The first-order valence-electron chi connectivity index (χ1n) is 7.85. The first-order valence-corrected chi connectivity index (χ1v) is 7.85. The molecule has 1 aromatic rings. The van der Waals surface area contributed by atoms with Crippen molar-refractivity contribution in [2.75, 3.05) is 37.4 Å². The standard InChI is InChI=1S/C16H21N5O/c1-20(2)15-6-14(17-9-18-15)19-16(22)21-7-12-10-3-4-11(5-10)13(12)8-21/h3-4,6,9-13H,5,7-8H2,1-2H3,(H,17,18,19,22)/t10?,11?,12-,13+. The number of aromatic nitrogens is 2. The largest absolute Gasteiger partial charge is 0.363 e. The van der Waals surface area contributed by atoms with E-state index < -0.39 is 0 Å². The Balaban J connectivity index is 1.42. The fourth-order valence-electron chi connectivity index (χ4n) is 4.17. The molecule has 6 heteroatoms. The van der Waals surface area contributed by atoms with Crippen molar-refractivity contribution in [3.63, 3.8) is 0 Å². The maximum absolute atomic E-state index is 12.5. The summed E-state index contributed by atoms with van der Waals surface area (Å²) in [4.78, 5) is 24.6. The molecule has 2 bridgehead atoms. The average Bonchev–Trinajstić information content (AvgIpc) is 3.20. The van der Waals surface area contributed by atoms with Gasteiger partial charge in [0.25, 0.3) is 0 Å². The number of carbonyl (C=O) groups is 1. The van der Waals surface area contributed by atoms with Crippen LogP contribution in [0.25, 0.3) is 0 Å². The molecule has 2 amide bonds. The van der Waals surface area contributed by atoms with Crippen LogP contribution in [-0.2, 0) is 0 Å². The lowest BCUT2D eigenvalue weighted by atomic mass is 9.86. The molecule has 2 fully saturated rings. The molecule has 2 unspecified atom stereocenters. The summed E-state index contributed by atoms with van der Waals surface area (Å²) < 4.78 is 0. The van der Waals surface area contributed by atoms with Crippen molar-refractivity contribution in [3.05, 3.63) is 24.5 Å². The van der Waals surface area contributed by atoms with Crippen LogP contribution < -0.4 is 10.2 Å². The number of carbonyl (C=O) groups excluding carboxylic acids is 1. The highest BCUT2D eigenvalue weighted by Gasteiger charge is 2.50. The highest BCUT2D eigenvalue weighted by molar-refractivity contribution is 5.88. The van der Waals surface area contributed by atoms with Crippen molar-refractivity contribution in [2.45, 2.75) is 6.42 Å². The molecule has 22 heavy (non-hydrogen) atoms. The number of hydrogen-bond donors (Lipinski definition) is 1. The summed E-state index contributed by atoms with van der Waals surface area (Å²) in [5, 5.41) is 2.91. The van der Waals surface area contributed by atoms with Crippen molar-refractivity contribution < 1.29 is 4.79 Å². The lowest BCUT2D eigenvalue weighted by Crippen LogP contribution is -2.34. The van der Waals surface area contributed by atoms with E-state index in [-0.39, 0.29) is 6.03 Å². The highest BCUT2D eigenvalue weighted by Crippen LogP contribution is 2.51. The number of nitrogens with zero attached hydrogens (tertiary/aromatic N) is 4. The number of amides is 2. The van der Waals surface area contributed by atoms with Gasteiger partial charge in [-0.3, -0.25) is 5.32 Å². The second-order valence-electron chi connectivity index (χ2n) is 6.77. The number of allylic oxidation sites excluding steroid dienone is 2. The minimum absolute atomic E-state index is 0.0443. The molecule has 4 rings (SSSR count).